The lowest BCUT2D eigenvalue weighted by molar-refractivity contribution is 0.0951. The van der Waals surface area contributed by atoms with E-state index in [4.69, 9.17) is 0 Å². The summed E-state index contributed by atoms with van der Waals surface area (Å²) in [4.78, 5) is 12.2. The van der Waals surface area contributed by atoms with Crippen molar-refractivity contribution in [3.8, 4) is 0 Å². The van der Waals surface area contributed by atoms with Crippen molar-refractivity contribution >= 4 is 15.9 Å². The van der Waals surface area contributed by atoms with Crippen molar-refractivity contribution in [2.75, 3.05) is 7.05 Å². The molecule has 0 aromatic heterocycles. The van der Waals surface area contributed by atoms with Crippen LogP contribution in [0.1, 0.15) is 28.8 Å². The highest BCUT2D eigenvalue weighted by atomic mass is 32.2. The molecule has 0 radical (unpaired) electrons. The number of sulfonamides is 1. The van der Waals surface area contributed by atoms with Crippen molar-refractivity contribution in [3.05, 3.63) is 65.7 Å². The molecular weight excluding hydrogens is 324 g/mol. The van der Waals surface area contributed by atoms with E-state index >= 15 is 0 Å². The number of rotatable bonds is 6. The van der Waals surface area contributed by atoms with Crippen molar-refractivity contribution in [3.63, 3.8) is 0 Å². The van der Waals surface area contributed by atoms with Gasteiger partial charge >= 0.3 is 0 Å². The third kappa shape index (κ3) is 3.83. The third-order valence-electron chi connectivity index (χ3n) is 3.97. The lowest BCUT2D eigenvalue weighted by atomic mass is 10.2. The highest BCUT2D eigenvalue weighted by molar-refractivity contribution is 7.89. The van der Waals surface area contributed by atoms with Crippen molar-refractivity contribution in [2.24, 2.45) is 0 Å². The van der Waals surface area contributed by atoms with E-state index < -0.39 is 10.0 Å². The van der Waals surface area contributed by atoms with Crippen LogP contribution in [0.4, 0.5) is 0 Å². The quantitative estimate of drug-likeness (QED) is 0.875. The van der Waals surface area contributed by atoms with E-state index in [9.17, 15) is 13.2 Å². The minimum absolute atomic E-state index is 0.129. The summed E-state index contributed by atoms with van der Waals surface area (Å²) in [6.45, 7) is 0.279. The molecule has 1 aliphatic rings. The number of nitrogens with zero attached hydrogens (tertiary/aromatic N) is 1. The Balaban J connectivity index is 1.79. The number of hydrogen-bond donors (Lipinski definition) is 1. The topological polar surface area (TPSA) is 66.5 Å². The molecule has 0 unspecified atom stereocenters. The lowest BCUT2D eigenvalue weighted by Gasteiger charge is -2.17. The predicted octanol–water partition coefficient (Wildman–Crippen LogP) is 2.40. The van der Waals surface area contributed by atoms with Crippen molar-refractivity contribution in [1.82, 2.24) is 9.62 Å². The van der Waals surface area contributed by atoms with Crippen molar-refractivity contribution in [1.29, 1.82) is 0 Å². The summed E-state index contributed by atoms with van der Waals surface area (Å²) in [5.41, 5.74) is 1.28. The first-order chi connectivity index (χ1) is 11.5. The van der Waals surface area contributed by atoms with E-state index in [2.05, 4.69) is 5.32 Å². The van der Waals surface area contributed by atoms with E-state index in [0.717, 1.165) is 18.4 Å². The highest BCUT2D eigenvalue weighted by Gasteiger charge is 2.25. The predicted molar refractivity (Wildman–Crippen MR) is 92.0 cm³/mol. The monoisotopic (exact) mass is 344 g/mol. The van der Waals surface area contributed by atoms with E-state index in [-0.39, 0.29) is 23.4 Å². The molecule has 24 heavy (non-hydrogen) atoms. The zero-order chi connectivity index (χ0) is 17.2. The molecule has 0 aliphatic heterocycles. The summed E-state index contributed by atoms with van der Waals surface area (Å²) in [6, 6.07) is 15.8. The fourth-order valence-corrected chi connectivity index (χ4v) is 3.60. The second-order valence-electron chi connectivity index (χ2n) is 6.02. The molecule has 1 saturated carbocycles. The second kappa shape index (κ2) is 6.75. The Labute approximate surface area is 142 Å². The molecule has 1 aliphatic carbocycles. The minimum atomic E-state index is -3.65. The van der Waals surface area contributed by atoms with Gasteiger partial charge < -0.3 is 5.32 Å². The average molecular weight is 344 g/mol. The Morgan fingerprint density at radius 2 is 1.83 bits per heavy atom. The van der Waals surface area contributed by atoms with Gasteiger partial charge in [-0.2, -0.15) is 4.31 Å². The van der Waals surface area contributed by atoms with Crippen LogP contribution >= 0.6 is 0 Å². The Kier molecular flexibility index (Phi) is 4.69. The van der Waals surface area contributed by atoms with Crippen LogP contribution in [0.25, 0.3) is 0 Å². The first kappa shape index (κ1) is 16.7. The van der Waals surface area contributed by atoms with Gasteiger partial charge in [0.15, 0.2) is 0 Å². The second-order valence-corrected chi connectivity index (χ2v) is 8.07. The fraction of sp³-hybridized carbons (Fsp3) is 0.278. The van der Waals surface area contributed by atoms with Crippen LogP contribution in [-0.2, 0) is 16.6 Å². The zero-order valence-corrected chi connectivity index (χ0v) is 14.3. The molecule has 5 nitrogen and oxygen atoms in total. The molecule has 0 spiro atoms. The normalized spacial score (nSPS) is 14.6. The number of carbonyl (C=O) groups excluding carboxylic acids is 1. The van der Waals surface area contributed by atoms with Gasteiger partial charge in [-0.3, -0.25) is 4.79 Å². The van der Waals surface area contributed by atoms with Crippen LogP contribution in [0.2, 0.25) is 0 Å². The Hall–Kier alpha value is -2.18. The van der Waals surface area contributed by atoms with Crippen LogP contribution in [0.3, 0.4) is 0 Å². The molecule has 6 heteroatoms. The van der Waals surface area contributed by atoms with E-state index in [1.54, 1.807) is 19.2 Å². The summed E-state index contributed by atoms with van der Waals surface area (Å²) in [5.74, 6) is -0.222. The van der Waals surface area contributed by atoms with Crippen LogP contribution in [0.15, 0.2) is 59.5 Å². The molecule has 1 N–H and O–H groups in total. The maximum absolute atomic E-state index is 12.7. The summed E-state index contributed by atoms with van der Waals surface area (Å²) in [6.07, 6.45) is 1.98. The van der Waals surface area contributed by atoms with Gasteiger partial charge in [-0.1, -0.05) is 36.4 Å². The third-order valence-corrected chi connectivity index (χ3v) is 5.76. The van der Waals surface area contributed by atoms with Gasteiger partial charge in [-0.25, -0.2) is 8.42 Å². The van der Waals surface area contributed by atoms with Gasteiger partial charge in [0.25, 0.3) is 5.91 Å². The number of amides is 1. The molecule has 2 aromatic rings. The molecule has 0 heterocycles. The standard InChI is InChI=1S/C18H20N2O3S/c1-20(13-14-6-3-2-4-7-14)24(22,23)17-9-5-8-15(12-17)18(21)19-16-10-11-16/h2-9,12,16H,10-11,13H2,1H3,(H,19,21). The smallest absolute Gasteiger partial charge is 0.251 e. The Bertz CT molecular complexity index is 830. The lowest BCUT2D eigenvalue weighted by Crippen LogP contribution is -2.28. The molecule has 126 valence electrons. The molecule has 0 saturated heterocycles. The Morgan fingerprint density at radius 1 is 1.12 bits per heavy atom. The van der Waals surface area contributed by atoms with Crippen LogP contribution < -0.4 is 5.32 Å². The number of carbonyl (C=O) groups is 1. The van der Waals surface area contributed by atoms with Crippen molar-refractivity contribution in [2.45, 2.75) is 30.3 Å². The van der Waals surface area contributed by atoms with E-state index in [1.807, 2.05) is 30.3 Å². The molecule has 1 amide bonds. The SMILES string of the molecule is CN(Cc1ccccc1)S(=O)(=O)c1cccc(C(=O)NC2CC2)c1. The molecule has 0 atom stereocenters. The van der Waals surface area contributed by atoms with Crippen LogP contribution in [0, 0.1) is 0 Å². The van der Waals surface area contributed by atoms with Crippen LogP contribution in [-0.4, -0.2) is 31.7 Å². The first-order valence-corrected chi connectivity index (χ1v) is 9.32. The zero-order valence-electron chi connectivity index (χ0n) is 13.5. The van der Waals surface area contributed by atoms with Gasteiger partial charge in [0.1, 0.15) is 0 Å². The molecule has 3 rings (SSSR count). The van der Waals surface area contributed by atoms with Gasteiger partial charge in [0.2, 0.25) is 10.0 Å². The Morgan fingerprint density at radius 3 is 2.50 bits per heavy atom. The largest absolute Gasteiger partial charge is 0.349 e. The minimum Gasteiger partial charge on any atom is -0.349 e. The molecule has 1 fully saturated rings. The summed E-state index contributed by atoms with van der Waals surface area (Å²) in [7, 11) is -2.11. The summed E-state index contributed by atoms with van der Waals surface area (Å²) >= 11 is 0. The van der Waals surface area contributed by atoms with Crippen molar-refractivity contribution < 1.29 is 13.2 Å². The van der Waals surface area contributed by atoms with E-state index in [0.29, 0.717) is 5.56 Å². The fourth-order valence-electron chi connectivity index (χ4n) is 2.40. The highest BCUT2D eigenvalue weighted by Crippen LogP contribution is 2.21. The van der Waals surface area contributed by atoms with E-state index in [1.165, 1.54) is 16.4 Å². The maximum atomic E-state index is 12.7. The molecular formula is C18H20N2O3S. The summed E-state index contributed by atoms with van der Waals surface area (Å²) in [5, 5.41) is 2.87. The van der Waals surface area contributed by atoms with Crippen LogP contribution in [0.5, 0.6) is 0 Å². The van der Waals surface area contributed by atoms with Gasteiger partial charge in [0, 0.05) is 25.2 Å². The van der Waals surface area contributed by atoms with Gasteiger partial charge in [-0.05, 0) is 36.6 Å². The average Bonchev–Trinajstić information content (AvgIpc) is 3.40. The molecule has 2 aromatic carbocycles. The number of hydrogen-bond acceptors (Lipinski definition) is 3. The van der Waals surface area contributed by atoms with Gasteiger partial charge in [0.05, 0.1) is 4.90 Å². The maximum Gasteiger partial charge on any atom is 0.251 e. The number of nitrogens with one attached hydrogen (secondary N) is 1. The van der Waals surface area contributed by atoms with Gasteiger partial charge in [-0.15, -0.1) is 0 Å². The number of benzene rings is 2. The summed E-state index contributed by atoms with van der Waals surface area (Å²) < 4.78 is 26.8. The molecule has 0 bridgehead atoms. The first-order valence-electron chi connectivity index (χ1n) is 7.88.